The van der Waals surface area contributed by atoms with E-state index in [0.29, 0.717) is 0 Å². The number of aromatic amines is 1. The van der Waals surface area contributed by atoms with Crippen molar-refractivity contribution in [1.29, 1.82) is 0 Å². The van der Waals surface area contributed by atoms with Crippen LogP contribution in [0, 0.1) is 5.82 Å². The lowest BCUT2D eigenvalue weighted by Crippen LogP contribution is -1.99. The van der Waals surface area contributed by atoms with Gasteiger partial charge in [-0.05, 0) is 12.1 Å². The van der Waals surface area contributed by atoms with Crippen molar-refractivity contribution in [2.45, 2.75) is 5.16 Å². The molecule has 0 unspecified atom stereocenters. The molecule has 0 aliphatic rings. The number of nitrogens with one attached hydrogen (secondary N) is 1. The molecule has 0 bridgehead atoms. The number of aromatic nitrogens is 2. The summed E-state index contributed by atoms with van der Waals surface area (Å²) in [4.78, 5) is 16.1. The molecular formula is C8H5FN2O5S. The van der Waals surface area contributed by atoms with Gasteiger partial charge in [0.15, 0.2) is 0 Å². The number of carboxylic acids is 1. The minimum absolute atomic E-state index is 0.199. The second-order valence-electron chi connectivity index (χ2n) is 3.17. The Morgan fingerprint density at radius 1 is 1.41 bits per heavy atom. The molecular weight excluding hydrogens is 255 g/mol. The van der Waals surface area contributed by atoms with Crippen LogP contribution in [-0.2, 0) is 10.1 Å². The lowest BCUT2D eigenvalue weighted by molar-refractivity contribution is 0.0696. The summed E-state index contributed by atoms with van der Waals surface area (Å²) in [7, 11) is -4.60. The maximum absolute atomic E-state index is 13.4. The molecule has 1 aromatic carbocycles. The quantitative estimate of drug-likeness (QED) is 0.681. The number of H-pyrrole nitrogens is 1. The normalized spacial score (nSPS) is 11.9. The lowest BCUT2D eigenvalue weighted by Gasteiger charge is -1.95. The van der Waals surface area contributed by atoms with Gasteiger partial charge in [0, 0.05) is 0 Å². The number of aromatic carboxylic acids is 1. The SMILES string of the molecule is O=C(O)c1cc(F)c2[nH]c(S(=O)(=O)O)nc2c1. The number of hydrogen-bond acceptors (Lipinski definition) is 4. The third kappa shape index (κ3) is 1.97. The summed E-state index contributed by atoms with van der Waals surface area (Å²) in [5.41, 5.74) is -0.860. The van der Waals surface area contributed by atoms with Gasteiger partial charge in [0.1, 0.15) is 11.3 Å². The number of hydrogen-bond donors (Lipinski definition) is 3. The average Bonchev–Trinajstić information content (AvgIpc) is 2.60. The van der Waals surface area contributed by atoms with Gasteiger partial charge in [0.05, 0.1) is 11.1 Å². The molecule has 0 aliphatic carbocycles. The van der Waals surface area contributed by atoms with Gasteiger partial charge >= 0.3 is 16.1 Å². The Balaban J connectivity index is 2.78. The zero-order valence-electron chi connectivity index (χ0n) is 8.01. The van der Waals surface area contributed by atoms with Crippen molar-refractivity contribution in [3.8, 4) is 0 Å². The molecule has 7 nitrogen and oxygen atoms in total. The second-order valence-corrected chi connectivity index (χ2v) is 4.51. The van der Waals surface area contributed by atoms with Crippen LogP contribution in [0.4, 0.5) is 4.39 Å². The number of imidazole rings is 1. The molecule has 90 valence electrons. The number of carboxylic acid groups (broad SMARTS) is 1. The van der Waals surface area contributed by atoms with Crippen LogP contribution in [0.15, 0.2) is 17.3 Å². The van der Waals surface area contributed by atoms with Crippen molar-refractivity contribution in [3.63, 3.8) is 0 Å². The summed E-state index contributed by atoms with van der Waals surface area (Å²) >= 11 is 0. The fraction of sp³-hybridized carbons (Fsp3) is 0. The monoisotopic (exact) mass is 260 g/mol. The van der Waals surface area contributed by atoms with Crippen molar-refractivity contribution in [3.05, 3.63) is 23.5 Å². The van der Waals surface area contributed by atoms with E-state index in [1.807, 2.05) is 0 Å². The Bertz CT molecular complexity index is 721. The number of nitrogens with zero attached hydrogens (tertiary/aromatic N) is 1. The average molecular weight is 260 g/mol. The Morgan fingerprint density at radius 2 is 2.06 bits per heavy atom. The molecule has 0 aliphatic heterocycles. The van der Waals surface area contributed by atoms with Crippen molar-refractivity contribution in [1.82, 2.24) is 9.97 Å². The fourth-order valence-corrected chi connectivity index (χ4v) is 1.74. The Hall–Kier alpha value is -2.00. The molecule has 3 N–H and O–H groups in total. The van der Waals surface area contributed by atoms with Gasteiger partial charge in [0.25, 0.3) is 5.16 Å². The van der Waals surface area contributed by atoms with Crippen LogP contribution in [0.25, 0.3) is 11.0 Å². The van der Waals surface area contributed by atoms with Crippen molar-refractivity contribution in [2.75, 3.05) is 0 Å². The Morgan fingerprint density at radius 3 is 2.59 bits per heavy atom. The maximum Gasteiger partial charge on any atom is 0.335 e. The van der Waals surface area contributed by atoms with Crippen LogP contribution in [-0.4, -0.2) is 34.0 Å². The van der Waals surface area contributed by atoms with Gasteiger partial charge in [-0.3, -0.25) is 4.55 Å². The van der Waals surface area contributed by atoms with Gasteiger partial charge in [0.2, 0.25) is 0 Å². The lowest BCUT2D eigenvalue weighted by atomic mass is 10.2. The highest BCUT2D eigenvalue weighted by Crippen LogP contribution is 2.19. The minimum Gasteiger partial charge on any atom is -0.478 e. The molecule has 9 heteroatoms. The second kappa shape index (κ2) is 3.50. The Kier molecular flexibility index (Phi) is 2.36. The first-order chi connectivity index (χ1) is 7.79. The first-order valence-electron chi connectivity index (χ1n) is 4.19. The zero-order valence-corrected chi connectivity index (χ0v) is 8.82. The molecule has 0 fully saturated rings. The first kappa shape index (κ1) is 11.5. The number of benzene rings is 1. The van der Waals surface area contributed by atoms with Crippen LogP contribution < -0.4 is 0 Å². The largest absolute Gasteiger partial charge is 0.478 e. The first-order valence-corrected chi connectivity index (χ1v) is 5.63. The molecule has 2 rings (SSSR count). The van der Waals surface area contributed by atoms with Crippen molar-refractivity contribution in [2.24, 2.45) is 0 Å². The molecule has 0 radical (unpaired) electrons. The van der Waals surface area contributed by atoms with Crippen LogP contribution in [0.5, 0.6) is 0 Å². The topological polar surface area (TPSA) is 120 Å². The minimum atomic E-state index is -4.60. The fourth-order valence-electron chi connectivity index (χ4n) is 1.29. The molecule has 0 atom stereocenters. The highest BCUT2D eigenvalue weighted by atomic mass is 32.2. The molecule has 0 amide bonds. The Labute approximate surface area is 93.7 Å². The zero-order chi connectivity index (χ0) is 12.8. The highest BCUT2D eigenvalue weighted by Gasteiger charge is 2.18. The molecule has 17 heavy (non-hydrogen) atoms. The number of rotatable bonds is 2. The van der Waals surface area contributed by atoms with Gasteiger partial charge in [-0.2, -0.15) is 8.42 Å². The van der Waals surface area contributed by atoms with E-state index in [0.717, 1.165) is 12.1 Å². The number of fused-ring (bicyclic) bond motifs is 1. The van der Waals surface area contributed by atoms with Crippen LogP contribution >= 0.6 is 0 Å². The molecule has 2 aromatic rings. The predicted molar refractivity (Wildman–Crippen MR) is 52.8 cm³/mol. The van der Waals surface area contributed by atoms with Crippen molar-refractivity contribution < 1.29 is 27.3 Å². The van der Waals surface area contributed by atoms with Crippen LogP contribution in [0.2, 0.25) is 0 Å². The van der Waals surface area contributed by atoms with Crippen LogP contribution in [0.3, 0.4) is 0 Å². The summed E-state index contributed by atoms with van der Waals surface area (Å²) in [6.45, 7) is 0. The number of carbonyl (C=O) groups is 1. The van der Waals surface area contributed by atoms with Gasteiger partial charge in [-0.15, -0.1) is 0 Å². The standard InChI is InChI=1S/C8H5FN2O5S/c9-4-1-3(7(12)13)2-5-6(4)11-8(10-5)17(14,15)16/h1-2H,(H,10,11)(H,12,13)(H,14,15,16). The summed E-state index contributed by atoms with van der Waals surface area (Å²) in [5, 5.41) is 7.82. The summed E-state index contributed by atoms with van der Waals surface area (Å²) < 4.78 is 43.6. The molecule has 0 saturated heterocycles. The van der Waals surface area contributed by atoms with E-state index in [9.17, 15) is 17.6 Å². The number of halogens is 1. The molecule has 1 aromatic heterocycles. The maximum atomic E-state index is 13.4. The molecule has 0 spiro atoms. The van der Waals surface area contributed by atoms with Gasteiger partial charge in [-0.25, -0.2) is 14.2 Å². The van der Waals surface area contributed by atoms with Crippen molar-refractivity contribution >= 4 is 27.1 Å². The van der Waals surface area contributed by atoms with E-state index in [1.165, 1.54) is 0 Å². The third-order valence-electron chi connectivity index (χ3n) is 2.01. The highest BCUT2D eigenvalue weighted by molar-refractivity contribution is 7.85. The van der Waals surface area contributed by atoms with E-state index < -0.39 is 27.1 Å². The third-order valence-corrected chi connectivity index (χ3v) is 2.70. The van der Waals surface area contributed by atoms with E-state index in [-0.39, 0.29) is 16.6 Å². The molecule has 1 heterocycles. The summed E-state index contributed by atoms with van der Waals surface area (Å²) in [5.74, 6) is -2.34. The summed E-state index contributed by atoms with van der Waals surface area (Å²) in [6.07, 6.45) is 0. The van der Waals surface area contributed by atoms with Gasteiger partial charge in [-0.1, -0.05) is 0 Å². The van der Waals surface area contributed by atoms with Crippen LogP contribution in [0.1, 0.15) is 10.4 Å². The van der Waals surface area contributed by atoms with Gasteiger partial charge < -0.3 is 10.1 Å². The van der Waals surface area contributed by atoms with E-state index in [1.54, 1.807) is 0 Å². The smallest absolute Gasteiger partial charge is 0.335 e. The van der Waals surface area contributed by atoms with E-state index in [4.69, 9.17) is 9.66 Å². The predicted octanol–water partition coefficient (Wildman–Crippen LogP) is 0.647. The van der Waals surface area contributed by atoms with E-state index >= 15 is 0 Å². The summed E-state index contributed by atoms with van der Waals surface area (Å²) in [6, 6.07) is 1.71. The van der Waals surface area contributed by atoms with E-state index in [2.05, 4.69) is 9.97 Å². The molecule has 0 saturated carbocycles.